The maximum absolute atomic E-state index is 13.0. The largest absolute Gasteiger partial charge is 0.491 e. The Bertz CT molecular complexity index is 1400. The molecule has 0 radical (unpaired) electrons. The maximum atomic E-state index is 13.0. The average molecular weight is 530 g/mol. The zero-order valence-corrected chi connectivity index (χ0v) is 20.6. The van der Waals surface area contributed by atoms with Crippen LogP contribution in [-0.4, -0.2) is 64.8 Å². The van der Waals surface area contributed by atoms with Crippen molar-refractivity contribution in [2.75, 3.05) is 44.8 Å². The van der Waals surface area contributed by atoms with E-state index in [1.807, 2.05) is 0 Å². The second kappa shape index (κ2) is 12.0. The molecule has 200 valence electrons. The fourth-order valence-electron chi connectivity index (χ4n) is 3.72. The molecule has 0 bridgehead atoms. The molecule has 2 N–H and O–H groups in total. The normalized spacial score (nSPS) is 14.0. The van der Waals surface area contributed by atoms with Crippen molar-refractivity contribution in [1.29, 1.82) is 0 Å². The van der Waals surface area contributed by atoms with E-state index in [9.17, 15) is 22.8 Å². The molecule has 1 fully saturated rings. The number of hydrogen-bond acceptors (Lipinski definition) is 6. The zero-order chi connectivity index (χ0) is 27.1. The number of pyridine rings is 1. The molecule has 3 heterocycles. The molecule has 1 aliphatic rings. The third-order valence-corrected chi connectivity index (χ3v) is 5.79. The van der Waals surface area contributed by atoms with Gasteiger partial charge in [-0.25, -0.2) is 4.98 Å². The van der Waals surface area contributed by atoms with Crippen molar-refractivity contribution < 1.29 is 27.4 Å². The molecule has 0 atom stereocenters. The zero-order valence-electron chi connectivity index (χ0n) is 20.6. The Morgan fingerprint density at radius 2 is 2.03 bits per heavy atom. The van der Waals surface area contributed by atoms with Crippen molar-refractivity contribution in [3.8, 4) is 29.0 Å². The minimum atomic E-state index is -4.57. The standard InChI is InChI=1S/C26H26F3N5O4/c1-33-9-7-18(15-24(33)36)3-6-23(35)31-20-16-19(25-30-17-22(32-25)26(27,28)29)4-5-21(20)38-12-2-8-34-10-13-37-14-11-34/h4-5,7,9,15-17H,2,8,10-14H2,1H3,(H,30,32)(H,31,35). The summed E-state index contributed by atoms with van der Waals surface area (Å²) in [6, 6.07) is 7.48. The molecule has 2 aromatic heterocycles. The summed E-state index contributed by atoms with van der Waals surface area (Å²) in [5.74, 6) is 4.69. The van der Waals surface area contributed by atoms with Crippen molar-refractivity contribution >= 4 is 11.6 Å². The summed E-state index contributed by atoms with van der Waals surface area (Å²) >= 11 is 0. The van der Waals surface area contributed by atoms with Gasteiger partial charge in [-0.3, -0.25) is 14.5 Å². The van der Waals surface area contributed by atoms with Gasteiger partial charge in [0.25, 0.3) is 5.56 Å². The fraction of sp³-hybridized carbons (Fsp3) is 0.346. The fourth-order valence-corrected chi connectivity index (χ4v) is 3.72. The van der Waals surface area contributed by atoms with Gasteiger partial charge in [0.1, 0.15) is 17.3 Å². The van der Waals surface area contributed by atoms with E-state index in [0.717, 1.165) is 26.1 Å². The summed E-state index contributed by atoms with van der Waals surface area (Å²) in [6.45, 7) is 4.27. The number of carbonyl (C=O) groups excluding carboxylic acids is 1. The lowest BCUT2D eigenvalue weighted by molar-refractivity contribution is -0.140. The summed E-state index contributed by atoms with van der Waals surface area (Å²) < 4.78 is 51.7. The first-order valence-corrected chi connectivity index (χ1v) is 11.9. The molecule has 9 nitrogen and oxygen atoms in total. The van der Waals surface area contributed by atoms with Gasteiger partial charge in [0.05, 0.1) is 31.7 Å². The summed E-state index contributed by atoms with van der Waals surface area (Å²) in [6.07, 6.45) is -1.60. The summed E-state index contributed by atoms with van der Waals surface area (Å²) in [5, 5.41) is 2.63. The van der Waals surface area contributed by atoms with Crippen LogP contribution < -0.4 is 15.6 Å². The van der Waals surface area contributed by atoms with Gasteiger partial charge in [0.15, 0.2) is 0 Å². The molecular formula is C26H26F3N5O4. The van der Waals surface area contributed by atoms with Crippen LogP contribution in [0.15, 0.2) is 47.5 Å². The van der Waals surface area contributed by atoms with Crippen LogP contribution in [0.4, 0.5) is 18.9 Å². The van der Waals surface area contributed by atoms with Crippen LogP contribution in [0.3, 0.4) is 0 Å². The smallest absolute Gasteiger partial charge is 0.432 e. The molecule has 3 aromatic rings. The molecule has 1 aromatic carbocycles. The van der Waals surface area contributed by atoms with E-state index >= 15 is 0 Å². The van der Waals surface area contributed by atoms with Crippen LogP contribution in [0, 0.1) is 11.8 Å². The molecule has 1 saturated heterocycles. The molecule has 1 amide bonds. The van der Waals surface area contributed by atoms with E-state index in [4.69, 9.17) is 9.47 Å². The van der Waals surface area contributed by atoms with Crippen LogP contribution >= 0.6 is 0 Å². The van der Waals surface area contributed by atoms with Crippen molar-refractivity contribution in [1.82, 2.24) is 19.4 Å². The van der Waals surface area contributed by atoms with E-state index in [1.165, 1.54) is 22.9 Å². The predicted molar refractivity (Wildman–Crippen MR) is 134 cm³/mol. The van der Waals surface area contributed by atoms with E-state index in [1.54, 1.807) is 25.2 Å². The van der Waals surface area contributed by atoms with Crippen LogP contribution in [0.2, 0.25) is 0 Å². The Morgan fingerprint density at radius 3 is 2.74 bits per heavy atom. The number of aryl methyl sites for hydroxylation is 1. The summed E-state index contributed by atoms with van der Waals surface area (Å²) in [4.78, 5) is 32.7. The SMILES string of the molecule is Cn1ccc(C#CC(=O)Nc2cc(-c3ncc(C(F)(F)F)[nH]3)ccc2OCCCN2CCOCC2)cc1=O. The Balaban J connectivity index is 1.51. The number of alkyl halides is 3. The van der Waals surface area contributed by atoms with Crippen molar-refractivity contribution in [2.24, 2.45) is 7.05 Å². The van der Waals surface area contributed by atoms with Gasteiger partial charge in [-0.1, -0.05) is 5.92 Å². The highest BCUT2D eigenvalue weighted by Gasteiger charge is 2.33. The van der Waals surface area contributed by atoms with Crippen LogP contribution in [0.1, 0.15) is 17.7 Å². The lowest BCUT2D eigenvalue weighted by Crippen LogP contribution is -2.37. The first-order valence-electron chi connectivity index (χ1n) is 11.9. The first-order chi connectivity index (χ1) is 18.2. The molecule has 0 aliphatic carbocycles. The highest BCUT2D eigenvalue weighted by Crippen LogP contribution is 2.33. The van der Waals surface area contributed by atoms with E-state index in [-0.39, 0.29) is 17.1 Å². The summed E-state index contributed by atoms with van der Waals surface area (Å²) in [7, 11) is 1.60. The minimum absolute atomic E-state index is 0.0158. The summed E-state index contributed by atoms with van der Waals surface area (Å²) in [5.41, 5.74) is -0.347. The number of halogens is 3. The third-order valence-electron chi connectivity index (χ3n) is 5.79. The third kappa shape index (κ3) is 7.24. The number of rotatable bonds is 7. The number of nitrogens with zero attached hydrogens (tertiary/aromatic N) is 3. The number of amides is 1. The monoisotopic (exact) mass is 529 g/mol. The topological polar surface area (TPSA) is 101 Å². The van der Waals surface area contributed by atoms with E-state index in [2.05, 4.69) is 32.0 Å². The first kappa shape index (κ1) is 27.0. The van der Waals surface area contributed by atoms with Gasteiger partial charge < -0.3 is 24.3 Å². The minimum Gasteiger partial charge on any atom is -0.491 e. The van der Waals surface area contributed by atoms with Crippen LogP contribution in [-0.2, 0) is 22.8 Å². The van der Waals surface area contributed by atoms with Gasteiger partial charge in [0.2, 0.25) is 0 Å². The number of anilines is 1. The van der Waals surface area contributed by atoms with Crippen molar-refractivity contribution in [3.63, 3.8) is 0 Å². The lowest BCUT2D eigenvalue weighted by atomic mass is 10.1. The highest BCUT2D eigenvalue weighted by molar-refractivity contribution is 6.05. The van der Waals surface area contributed by atoms with Gasteiger partial charge >= 0.3 is 12.1 Å². The number of ether oxygens (including phenoxy) is 2. The van der Waals surface area contributed by atoms with Gasteiger partial charge in [0, 0.05) is 56.0 Å². The van der Waals surface area contributed by atoms with Crippen LogP contribution in [0.25, 0.3) is 11.4 Å². The molecular weight excluding hydrogens is 503 g/mol. The van der Waals surface area contributed by atoms with E-state index < -0.39 is 17.8 Å². The number of benzene rings is 1. The van der Waals surface area contributed by atoms with E-state index in [0.29, 0.717) is 42.9 Å². The lowest BCUT2D eigenvalue weighted by Gasteiger charge is -2.26. The Hall–Kier alpha value is -4.08. The van der Waals surface area contributed by atoms with Gasteiger partial charge in [-0.05, 0) is 30.7 Å². The molecule has 0 spiro atoms. The Kier molecular flexibility index (Phi) is 8.50. The quantitative estimate of drug-likeness (QED) is 0.361. The number of aromatic amines is 1. The Labute approximate surface area is 216 Å². The number of aromatic nitrogens is 3. The second-order valence-corrected chi connectivity index (χ2v) is 8.58. The number of nitrogens with one attached hydrogen (secondary N) is 2. The highest BCUT2D eigenvalue weighted by atomic mass is 19.4. The van der Waals surface area contributed by atoms with Crippen molar-refractivity contribution in [3.05, 3.63) is 64.3 Å². The number of hydrogen-bond donors (Lipinski definition) is 2. The maximum Gasteiger partial charge on any atom is 0.432 e. The number of morpholine rings is 1. The molecule has 0 unspecified atom stereocenters. The predicted octanol–water partition coefficient (Wildman–Crippen LogP) is 2.89. The number of imidazole rings is 1. The molecule has 0 saturated carbocycles. The Morgan fingerprint density at radius 1 is 1.24 bits per heavy atom. The number of carbonyl (C=O) groups is 1. The van der Waals surface area contributed by atoms with Gasteiger partial charge in [-0.2, -0.15) is 13.2 Å². The molecule has 1 aliphatic heterocycles. The molecule has 12 heteroatoms. The molecule has 4 rings (SSSR count). The molecule has 38 heavy (non-hydrogen) atoms. The second-order valence-electron chi connectivity index (χ2n) is 8.58. The van der Waals surface area contributed by atoms with Crippen LogP contribution in [0.5, 0.6) is 5.75 Å². The average Bonchev–Trinajstić information content (AvgIpc) is 3.40. The van der Waals surface area contributed by atoms with Gasteiger partial charge in [-0.15, -0.1) is 0 Å². The number of H-pyrrole nitrogens is 1. The van der Waals surface area contributed by atoms with Crippen molar-refractivity contribution in [2.45, 2.75) is 12.6 Å².